The molecule has 0 bridgehead atoms. The molecule has 2 nitrogen and oxygen atoms in total. The third-order valence-electron chi connectivity index (χ3n) is 5.01. The van der Waals surface area contributed by atoms with E-state index in [1.807, 2.05) is 48.5 Å². The third kappa shape index (κ3) is 2.61. The zero-order chi connectivity index (χ0) is 18.2. The first-order chi connectivity index (χ1) is 13.3. The van der Waals surface area contributed by atoms with Gasteiger partial charge in [-0.1, -0.05) is 78.9 Å². The normalized spacial score (nSPS) is 12.4. The van der Waals surface area contributed by atoms with Gasteiger partial charge in [0.15, 0.2) is 0 Å². The predicted molar refractivity (Wildman–Crippen MR) is 115 cm³/mol. The Labute approximate surface area is 158 Å². The molecule has 0 amide bonds. The van der Waals surface area contributed by atoms with E-state index in [2.05, 4.69) is 59.2 Å². The summed E-state index contributed by atoms with van der Waals surface area (Å²) < 4.78 is 15.6. The number of rotatable bonds is 3. The van der Waals surface area contributed by atoms with E-state index in [-0.39, 0.29) is 0 Å². The Bertz CT molecular complexity index is 1230. The van der Waals surface area contributed by atoms with Crippen molar-refractivity contribution in [3.8, 4) is 5.69 Å². The standard InChI is InChI=1S/C24H18NOP/c26-27(18-10-2-1-3-11-18)24-17-9-8-16-23(24)25-21-14-6-4-12-19(21)20-13-5-7-15-22(20)25/h1-17,27H. The van der Waals surface area contributed by atoms with E-state index < -0.39 is 7.80 Å². The molecule has 0 radical (unpaired) electrons. The lowest BCUT2D eigenvalue weighted by molar-refractivity contribution is 0.598. The fourth-order valence-corrected chi connectivity index (χ4v) is 5.27. The van der Waals surface area contributed by atoms with Gasteiger partial charge in [0.2, 0.25) is 0 Å². The van der Waals surface area contributed by atoms with Gasteiger partial charge in [-0.25, -0.2) is 0 Å². The Balaban J connectivity index is 1.83. The van der Waals surface area contributed by atoms with Crippen LogP contribution < -0.4 is 10.6 Å². The predicted octanol–water partition coefficient (Wildman–Crippen LogP) is 5.29. The second-order valence-electron chi connectivity index (χ2n) is 6.58. The molecule has 5 aromatic rings. The van der Waals surface area contributed by atoms with Crippen LogP contribution in [0.3, 0.4) is 0 Å². The van der Waals surface area contributed by atoms with Crippen LogP contribution in [0.4, 0.5) is 0 Å². The van der Waals surface area contributed by atoms with Crippen molar-refractivity contribution in [2.45, 2.75) is 0 Å². The van der Waals surface area contributed by atoms with Gasteiger partial charge >= 0.3 is 0 Å². The van der Waals surface area contributed by atoms with E-state index in [1.54, 1.807) is 0 Å². The molecule has 27 heavy (non-hydrogen) atoms. The van der Waals surface area contributed by atoms with E-state index >= 15 is 0 Å². The van der Waals surface area contributed by atoms with Crippen molar-refractivity contribution in [3.63, 3.8) is 0 Å². The van der Waals surface area contributed by atoms with Gasteiger partial charge in [0.1, 0.15) is 7.80 Å². The molecule has 0 aliphatic rings. The van der Waals surface area contributed by atoms with Crippen molar-refractivity contribution >= 4 is 40.2 Å². The minimum atomic E-state index is -2.11. The van der Waals surface area contributed by atoms with Crippen LogP contribution in [0.2, 0.25) is 0 Å². The van der Waals surface area contributed by atoms with Gasteiger partial charge in [0.05, 0.1) is 16.7 Å². The van der Waals surface area contributed by atoms with Crippen molar-refractivity contribution in [2.75, 3.05) is 0 Å². The highest BCUT2D eigenvalue weighted by Crippen LogP contribution is 2.33. The summed E-state index contributed by atoms with van der Waals surface area (Å²) in [5, 5.41) is 4.19. The molecule has 0 spiro atoms. The largest absolute Gasteiger partial charge is 0.317 e. The summed E-state index contributed by atoms with van der Waals surface area (Å²) in [6.45, 7) is 0. The Hall–Kier alpha value is -3.09. The Kier molecular flexibility index (Phi) is 3.92. The molecule has 1 unspecified atom stereocenters. The zero-order valence-corrected chi connectivity index (χ0v) is 15.7. The van der Waals surface area contributed by atoms with Crippen molar-refractivity contribution in [3.05, 3.63) is 103 Å². The molecule has 0 aliphatic carbocycles. The summed E-state index contributed by atoms with van der Waals surface area (Å²) in [5.41, 5.74) is 3.26. The highest BCUT2D eigenvalue weighted by molar-refractivity contribution is 7.61. The van der Waals surface area contributed by atoms with Gasteiger partial charge in [0.25, 0.3) is 0 Å². The summed E-state index contributed by atoms with van der Waals surface area (Å²) in [4.78, 5) is 0. The number of benzene rings is 4. The van der Waals surface area contributed by atoms with Gasteiger partial charge in [-0.15, -0.1) is 0 Å². The molecule has 1 aromatic heterocycles. The Morgan fingerprint density at radius 3 is 1.74 bits per heavy atom. The SMILES string of the molecule is O=[PH](c1ccccc1)c1ccccc1-n1c2ccccc2c2ccccc21. The quantitative estimate of drug-likeness (QED) is 0.397. The van der Waals surface area contributed by atoms with Crippen molar-refractivity contribution < 1.29 is 4.57 Å². The number of nitrogens with zero attached hydrogens (tertiary/aromatic N) is 1. The minimum absolute atomic E-state index is 0.885. The van der Waals surface area contributed by atoms with Crippen LogP contribution in [0.5, 0.6) is 0 Å². The fraction of sp³-hybridized carbons (Fsp3) is 0. The first-order valence-corrected chi connectivity index (χ1v) is 10.4. The molecule has 0 saturated carbocycles. The average Bonchev–Trinajstić information content (AvgIpc) is 3.08. The van der Waals surface area contributed by atoms with E-state index in [1.165, 1.54) is 10.8 Å². The smallest absolute Gasteiger partial charge is 0.133 e. The molecular formula is C24H18NOP. The number of aromatic nitrogens is 1. The van der Waals surface area contributed by atoms with Crippen LogP contribution in [0.25, 0.3) is 27.5 Å². The van der Waals surface area contributed by atoms with E-state index in [4.69, 9.17) is 0 Å². The van der Waals surface area contributed by atoms with Crippen LogP contribution >= 0.6 is 7.80 Å². The lowest BCUT2D eigenvalue weighted by atomic mass is 10.2. The minimum Gasteiger partial charge on any atom is -0.317 e. The summed E-state index contributed by atoms with van der Waals surface area (Å²) >= 11 is 0. The maximum atomic E-state index is 13.4. The van der Waals surface area contributed by atoms with E-state index in [9.17, 15) is 4.57 Å². The number of hydrogen-bond acceptors (Lipinski definition) is 1. The molecule has 1 atom stereocenters. The third-order valence-corrected chi connectivity index (χ3v) is 6.78. The van der Waals surface area contributed by atoms with Crippen LogP contribution in [0.1, 0.15) is 0 Å². The fourth-order valence-electron chi connectivity index (χ4n) is 3.79. The average molecular weight is 367 g/mol. The number of para-hydroxylation sites is 3. The van der Waals surface area contributed by atoms with Crippen LogP contribution in [0, 0.1) is 0 Å². The van der Waals surface area contributed by atoms with Crippen molar-refractivity contribution in [1.29, 1.82) is 0 Å². The van der Waals surface area contributed by atoms with Crippen LogP contribution in [-0.4, -0.2) is 4.57 Å². The number of fused-ring (bicyclic) bond motifs is 3. The van der Waals surface area contributed by atoms with Gasteiger partial charge in [-0.05, 0) is 24.3 Å². The summed E-state index contributed by atoms with van der Waals surface area (Å²) in [6.07, 6.45) is 0. The van der Waals surface area contributed by atoms with Crippen molar-refractivity contribution in [2.24, 2.45) is 0 Å². The number of hydrogen-bond donors (Lipinski definition) is 0. The van der Waals surface area contributed by atoms with Crippen LogP contribution in [-0.2, 0) is 4.57 Å². The van der Waals surface area contributed by atoms with Gasteiger partial charge in [0, 0.05) is 21.4 Å². The Morgan fingerprint density at radius 1 is 0.556 bits per heavy atom. The maximum absolute atomic E-state index is 13.4. The molecule has 130 valence electrons. The first kappa shape index (κ1) is 16.1. The van der Waals surface area contributed by atoms with E-state index in [0.717, 1.165) is 27.3 Å². The molecule has 1 heterocycles. The van der Waals surface area contributed by atoms with E-state index in [0.29, 0.717) is 0 Å². The second-order valence-corrected chi connectivity index (χ2v) is 8.36. The summed E-state index contributed by atoms with van der Waals surface area (Å²) in [6, 6.07) is 34.6. The highest BCUT2D eigenvalue weighted by atomic mass is 31.1. The van der Waals surface area contributed by atoms with Crippen molar-refractivity contribution in [1.82, 2.24) is 4.57 Å². The topological polar surface area (TPSA) is 22.0 Å². The molecule has 0 fully saturated rings. The maximum Gasteiger partial charge on any atom is 0.133 e. The summed E-state index contributed by atoms with van der Waals surface area (Å²) in [7, 11) is -2.11. The zero-order valence-electron chi connectivity index (χ0n) is 14.7. The monoisotopic (exact) mass is 367 g/mol. The molecular weight excluding hydrogens is 349 g/mol. The van der Waals surface area contributed by atoms with Gasteiger partial charge < -0.3 is 9.13 Å². The molecule has 4 aromatic carbocycles. The highest BCUT2D eigenvalue weighted by Gasteiger charge is 2.17. The lowest BCUT2D eigenvalue weighted by Crippen LogP contribution is -2.13. The second kappa shape index (κ2) is 6.57. The Morgan fingerprint density at radius 2 is 1.07 bits per heavy atom. The molecule has 0 aliphatic heterocycles. The van der Waals surface area contributed by atoms with Gasteiger partial charge in [-0.3, -0.25) is 0 Å². The molecule has 0 saturated heterocycles. The van der Waals surface area contributed by atoms with Crippen LogP contribution in [0.15, 0.2) is 103 Å². The molecule has 0 N–H and O–H groups in total. The molecule has 5 rings (SSSR count). The lowest BCUT2D eigenvalue weighted by Gasteiger charge is -2.13. The molecule has 3 heteroatoms. The summed E-state index contributed by atoms with van der Waals surface area (Å²) in [5.74, 6) is 0. The van der Waals surface area contributed by atoms with Gasteiger partial charge in [-0.2, -0.15) is 0 Å². The first-order valence-electron chi connectivity index (χ1n) is 9.02.